The van der Waals surface area contributed by atoms with Crippen molar-refractivity contribution < 1.29 is 14.6 Å². The van der Waals surface area contributed by atoms with E-state index in [2.05, 4.69) is 15.3 Å². The number of aromatic nitrogens is 3. The molecule has 7 nitrogen and oxygen atoms in total. The number of nitrogens with one attached hydrogen (secondary N) is 1. The van der Waals surface area contributed by atoms with Gasteiger partial charge in [0.15, 0.2) is 0 Å². The van der Waals surface area contributed by atoms with Gasteiger partial charge < -0.3 is 19.7 Å². The highest BCUT2D eigenvalue weighted by Crippen LogP contribution is 2.28. The van der Waals surface area contributed by atoms with E-state index in [4.69, 9.17) is 21.4 Å². The van der Waals surface area contributed by atoms with Crippen molar-refractivity contribution in [2.45, 2.75) is 19.0 Å². The van der Waals surface area contributed by atoms with Crippen molar-refractivity contribution in [3.05, 3.63) is 66.1 Å². The van der Waals surface area contributed by atoms with E-state index in [9.17, 15) is 4.79 Å². The molecule has 0 aliphatic heterocycles. The Balaban J connectivity index is 1.67. The van der Waals surface area contributed by atoms with Crippen LogP contribution in [0.15, 0.2) is 54.7 Å². The Bertz CT molecular complexity index is 1160. The first-order chi connectivity index (χ1) is 14.2. The number of nitrogens with zero attached hydrogens (tertiary/aromatic N) is 3. The van der Waals surface area contributed by atoms with E-state index in [1.807, 2.05) is 53.1 Å². The summed E-state index contributed by atoms with van der Waals surface area (Å²) in [7, 11) is 0. The molecular weight excluding hydrogens is 392 g/mol. The molecule has 0 fully saturated rings. The first-order valence-electron chi connectivity index (χ1n) is 9.13. The molecule has 2 aromatic heterocycles. The number of amides is 1. The summed E-state index contributed by atoms with van der Waals surface area (Å²) < 4.78 is 7.84. The molecule has 2 heterocycles. The van der Waals surface area contributed by atoms with E-state index in [0.29, 0.717) is 19.0 Å². The zero-order valence-corrected chi connectivity index (χ0v) is 16.3. The number of rotatable bonds is 7. The number of benzene rings is 2. The van der Waals surface area contributed by atoms with Crippen molar-refractivity contribution in [1.29, 1.82) is 0 Å². The standard InChI is InChI=1S/C21H19ClN4O3/c22-11-19-25-18-12-24-17-10-15(29-13-14-4-2-1-3-5-14)6-7-16(17)20(18)26(19)9-8-23-21(27)28/h1-7,10,12,23H,8-9,11,13H2,(H,27,28). The van der Waals surface area contributed by atoms with Crippen LogP contribution < -0.4 is 10.1 Å². The smallest absolute Gasteiger partial charge is 0.404 e. The number of pyridine rings is 1. The summed E-state index contributed by atoms with van der Waals surface area (Å²) in [6.07, 6.45) is 0.643. The number of alkyl halides is 1. The van der Waals surface area contributed by atoms with Crippen molar-refractivity contribution in [2.24, 2.45) is 0 Å². The van der Waals surface area contributed by atoms with Gasteiger partial charge in [0.05, 0.1) is 23.1 Å². The Morgan fingerprint density at radius 1 is 1.17 bits per heavy atom. The van der Waals surface area contributed by atoms with Gasteiger partial charge in [0, 0.05) is 24.5 Å². The summed E-state index contributed by atoms with van der Waals surface area (Å²) in [6.45, 7) is 1.16. The summed E-state index contributed by atoms with van der Waals surface area (Å²) in [6, 6.07) is 15.7. The molecule has 0 unspecified atom stereocenters. The zero-order valence-electron chi connectivity index (χ0n) is 15.5. The predicted octanol–water partition coefficient (Wildman–Crippen LogP) is 4.17. The molecule has 0 saturated heterocycles. The van der Waals surface area contributed by atoms with Crippen LogP contribution in [0.2, 0.25) is 0 Å². The van der Waals surface area contributed by atoms with E-state index < -0.39 is 6.09 Å². The van der Waals surface area contributed by atoms with Crippen molar-refractivity contribution in [3.8, 4) is 5.75 Å². The second-order valence-corrected chi connectivity index (χ2v) is 6.76. The highest BCUT2D eigenvalue weighted by atomic mass is 35.5. The molecular formula is C21H19ClN4O3. The highest BCUT2D eigenvalue weighted by molar-refractivity contribution is 6.17. The molecule has 2 aromatic carbocycles. The van der Waals surface area contributed by atoms with E-state index in [1.54, 1.807) is 6.20 Å². The molecule has 0 bridgehead atoms. The maximum Gasteiger partial charge on any atom is 0.404 e. The SMILES string of the molecule is O=C(O)NCCn1c(CCl)nc2cnc3cc(OCc4ccccc4)ccc3c21. The summed E-state index contributed by atoms with van der Waals surface area (Å²) in [5, 5.41) is 12.1. The molecule has 4 aromatic rings. The molecule has 0 aliphatic carbocycles. The molecule has 4 rings (SSSR count). The van der Waals surface area contributed by atoms with Crippen LogP contribution in [-0.4, -0.2) is 32.3 Å². The lowest BCUT2D eigenvalue weighted by Crippen LogP contribution is -2.25. The van der Waals surface area contributed by atoms with E-state index >= 15 is 0 Å². The van der Waals surface area contributed by atoms with Crippen LogP contribution in [0.1, 0.15) is 11.4 Å². The van der Waals surface area contributed by atoms with Gasteiger partial charge in [-0.15, -0.1) is 11.6 Å². The van der Waals surface area contributed by atoms with E-state index in [1.165, 1.54) is 0 Å². The van der Waals surface area contributed by atoms with Gasteiger partial charge in [0.2, 0.25) is 0 Å². The maximum atomic E-state index is 10.8. The maximum absolute atomic E-state index is 10.8. The van der Waals surface area contributed by atoms with Gasteiger partial charge in [-0.25, -0.2) is 9.78 Å². The third kappa shape index (κ3) is 4.09. The minimum absolute atomic E-state index is 0.224. The second kappa shape index (κ2) is 8.36. The molecule has 1 amide bonds. The molecule has 0 aliphatic rings. The number of hydrogen-bond donors (Lipinski definition) is 2. The largest absolute Gasteiger partial charge is 0.489 e. The third-order valence-electron chi connectivity index (χ3n) is 4.60. The van der Waals surface area contributed by atoms with E-state index in [0.717, 1.165) is 33.2 Å². The van der Waals surface area contributed by atoms with Crippen LogP contribution in [0.5, 0.6) is 5.75 Å². The van der Waals surface area contributed by atoms with Gasteiger partial charge >= 0.3 is 6.09 Å². The lowest BCUT2D eigenvalue weighted by atomic mass is 10.2. The lowest BCUT2D eigenvalue weighted by Gasteiger charge is -2.10. The molecule has 2 N–H and O–H groups in total. The van der Waals surface area contributed by atoms with Crippen LogP contribution in [0.25, 0.3) is 21.9 Å². The van der Waals surface area contributed by atoms with Crippen LogP contribution in [0, 0.1) is 0 Å². The van der Waals surface area contributed by atoms with Crippen molar-refractivity contribution >= 4 is 39.6 Å². The Labute approximate surface area is 171 Å². The van der Waals surface area contributed by atoms with Gasteiger partial charge in [-0.2, -0.15) is 0 Å². The average Bonchev–Trinajstić information content (AvgIpc) is 3.10. The Morgan fingerprint density at radius 3 is 2.76 bits per heavy atom. The molecule has 8 heteroatoms. The van der Waals surface area contributed by atoms with Crippen molar-refractivity contribution in [3.63, 3.8) is 0 Å². The minimum atomic E-state index is -1.06. The van der Waals surface area contributed by atoms with Crippen molar-refractivity contribution in [1.82, 2.24) is 19.9 Å². The number of carbonyl (C=O) groups is 1. The van der Waals surface area contributed by atoms with Gasteiger partial charge in [-0.3, -0.25) is 4.98 Å². The van der Waals surface area contributed by atoms with Gasteiger partial charge in [0.25, 0.3) is 0 Å². The van der Waals surface area contributed by atoms with Crippen LogP contribution >= 0.6 is 11.6 Å². The van der Waals surface area contributed by atoms with Crippen LogP contribution in [0.3, 0.4) is 0 Å². The number of fused-ring (bicyclic) bond motifs is 3. The number of halogens is 1. The molecule has 0 radical (unpaired) electrons. The summed E-state index contributed by atoms with van der Waals surface area (Å²) in [5.41, 5.74) is 3.47. The number of ether oxygens (including phenoxy) is 1. The number of imidazole rings is 1. The fourth-order valence-electron chi connectivity index (χ4n) is 3.29. The minimum Gasteiger partial charge on any atom is -0.489 e. The summed E-state index contributed by atoms with van der Waals surface area (Å²) in [5.74, 6) is 1.62. The first kappa shape index (κ1) is 19.0. The Hall–Kier alpha value is -3.32. The van der Waals surface area contributed by atoms with Gasteiger partial charge in [-0.1, -0.05) is 30.3 Å². The first-order valence-corrected chi connectivity index (χ1v) is 9.66. The second-order valence-electron chi connectivity index (χ2n) is 6.49. The molecule has 0 saturated carbocycles. The quantitative estimate of drug-likeness (QED) is 0.446. The topological polar surface area (TPSA) is 89.3 Å². The monoisotopic (exact) mass is 410 g/mol. The number of carboxylic acid groups (broad SMARTS) is 1. The zero-order chi connectivity index (χ0) is 20.2. The fraction of sp³-hybridized carbons (Fsp3) is 0.190. The molecule has 148 valence electrons. The predicted molar refractivity (Wildman–Crippen MR) is 111 cm³/mol. The van der Waals surface area contributed by atoms with Crippen molar-refractivity contribution in [2.75, 3.05) is 6.54 Å². The Morgan fingerprint density at radius 2 is 2.00 bits per heavy atom. The van der Waals surface area contributed by atoms with Gasteiger partial charge in [0.1, 0.15) is 23.7 Å². The third-order valence-corrected chi connectivity index (χ3v) is 4.84. The molecule has 29 heavy (non-hydrogen) atoms. The summed E-state index contributed by atoms with van der Waals surface area (Å²) >= 11 is 6.06. The van der Waals surface area contributed by atoms with Crippen LogP contribution in [-0.2, 0) is 19.0 Å². The average molecular weight is 411 g/mol. The Kier molecular flexibility index (Phi) is 5.48. The molecule has 0 spiro atoms. The fourth-order valence-corrected chi connectivity index (χ4v) is 3.49. The molecule has 0 atom stereocenters. The highest BCUT2D eigenvalue weighted by Gasteiger charge is 2.14. The number of hydrogen-bond acceptors (Lipinski definition) is 4. The van der Waals surface area contributed by atoms with Crippen LogP contribution in [0.4, 0.5) is 4.79 Å². The normalized spacial score (nSPS) is 11.1. The van der Waals surface area contributed by atoms with E-state index in [-0.39, 0.29) is 12.4 Å². The summed E-state index contributed by atoms with van der Waals surface area (Å²) in [4.78, 5) is 19.8. The lowest BCUT2D eigenvalue weighted by molar-refractivity contribution is 0.194. The van der Waals surface area contributed by atoms with Gasteiger partial charge in [-0.05, 0) is 17.7 Å².